The SMILES string of the molecule is CCNC1C(=O)Nc2cc(Oc3cccnc3C)ccc21. The zero-order valence-corrected chi connectivity index (χ0v) is 12.0. The lowest BCUT2D eigenvalue weighted by Crippen LogP contribution is -2.27. The minimum Gasteiger partial charge on any atom is -0.455 e. The first-order valence-corrected chi connectivity index (χ1v) is 6.96. The van der Waals surface area contributed by atoms with Crippen LogP contribution in [0.5, 0.6) is 11.5 Å². The lowest BCUT2D eigenvalue weighted by atomic mass is 10.1. The molecule has 1 aromatic heterocycles. The van der Waals surface area contributed by atoms with Gasteiger partial charge in [0.05, 0.1) is 5.69 Å². The van der Waals surface area contributed by atoms with Gasteiger partial charge in [-0.15, -0.1) is 0 Å². The Labute approximate surface area is 123 Å². The molecule has 0 radical (unpaired) electrons. The van der Waals surface area contributed by atoms with Gasteiger partial charge in [-0.1, -0.05) is 13.0 Å². The van der Waals surface area contributed by atoms with Crippen LogP contribution in [0.4, 0.5) is 5.69 Å². The molecule has 21 heavy (non-hydrogen) atoms. The Morgan fingerprint density at radius 2 is 2.24 bits per heavy atom. The van der Waals surface area contributed by atoms with Crippen molar-refractivity contribution in [2.75, 3.05) is 11.9 Å². The Kier molecular flexibility index (Phi) is 3.58. The Morgan fingerprint density at radius 1 is 1.38 bits per heavy atom. The number of fused-ring (bicyclic) bond motifs is 1. The number of aryl methyl sites for hydroxylation is 1. The first kappa shape index (κ1) is 13.6. The monoisotopic (exact) mass is 283 g/mol. The predicted molar refractivity (Wildman–Crippen MR) is 80.5 cm³/mol. The van der Waals surface area contributed by atoms with Gasteiger partial charge in [-0.2, -0.15) is 0 Å². The van der Waals surface area contributed by atoms with Crippen molar-refractivity contribution in [3.8, 4) is 11.5 Å². The van der Waals surface area contributed by atoms with Crippen LogP contribution in [0.2, 0.25) is 0 Å². The number of ether oxygens (including phenoxy) is 1. The summed E-state index contributed by atoms with van der Waals surface area (Å²) in [6.45, 7) is 4.62. The van der Waals surface area contributed by atoms with E-state index < -0.39 is 0 Å². The van der Waals surface area contributed by atoms with Crippen molar-refractivity contribution >= 4 is 11.6 Å². The summed E-state index contributed by atoms with van der Waals surface area (Å²) in [6, 6.07) is 9.06. The van der Waals surface area contributed by atoms with E-state index in [1.54, 1.807) is 6.20 Å². The molecule has 1 aliphatic heterocycles. The number of nitrogens with one attached hydrogen (secondary N) is 2. The van der Waals surface area contributed by atoms with Gasteiger partial charge in [0.25, 0.3) is 0 Å². The molecule has 108 valence electrons. The first-order valence-electron chi connectivity index (χ1n) is 6.96. The molecule has 0 saturated carbocycles. The Balaban J connectivity index is 1.86. The zero-order valence-electron chi connectivity index (χ0n) is 12.0. The van der Waals surface area contributed by atoms with Crippen molar-refractivity contribution in [1.82, 2.24) is 10.3 Å². The summed E-state index contributed by atoms with van der Waals surface area (Å²) in [7, 11) is 0. The Hall–Kier alpha value is -2.40. The highest BCUT2D eigenvalue weighted by Gasteiger charge is 2.29. The minimum atomic E-state index is -0.279. The van der Waals surface area contributed by atoms with Crippen molar-refractivity contribution < 1.29 is 9.53 Å². The van der Waals surface area contributed by atoms with Crippen molar-refractivity contribution in [1.29, 1.82) is 0 Å². The maximum atomic E-state index is 11.9. The minimum absolute atomic E-state index is 0.0263. The predicted octanol–water partition coefficient (Wildman–Crippen LogP) is 2.79. The highest BCUT2D eigenvalue weighted by Crippen LogP contribution is 2.35. The van der Waals surface area contributed by atoms with Gasteiger partial charge < -0.3 is 15.4 Å². The molecule has 0 bridgehead atoms. The molecule has 5 heteroatoms. The lowest BCUT2D eigenvalue weighted by Gasteiger charge is -2.11. The summed E-state index contributed by atoms with van der Waals surface area (Å²) >= 11 is 0. The van der Waals surface area contributed by atoms with E-state index in [1.807, 2.05) is 44.2 Å². The zero-order chi connectivity index (χ0) is 14.8. The van der Waals surface area contributed by atoms with Crippen molar-refractivity contribution in [3.05, 3.63) is 47.8 Å². The van der Waals surface area contributed by atoms with Crippen LogP contribution in [0.1, 0.15) is 24.2 Å². The van der Waals surface area contributed by atoms with Gasteiger partial charge in [-0.25, -0.2) is 0 Å². The third-order valence-electron chi connectivity index (χ3n) is 3.45. The van der Waals surface area contributed by atoms with Gasteiger partial charge in [0.1, 0.15) is 17.5 Å². The number of hydrogen-bond donors (Lipinski definition) is 2. The van der Waals surface area contributed by atoms with Crippen LogP contribution in [0.15, 0.2) is 36.5 Å². The van der Waals surface area contributed by atoms with Gasteiger partial charge >= 0.3 is 0 Å². The summed E-state index contributed by atoms with van der Waals surface area (Å²) in [5, 5.41) is 6.04. The van der Waals surface area contributed by atoms with E-state index >= 15 is 0 Å². The van der Waals surface area contributed by atoms with Gasteiger partial charge in [-0.05, 0) is 31.7 Å². The standard InChI is InChI=1S/C16H17N3O2/c1-3-17-15-12-7-6-11(9-13(12)19-16(15)20)21-14-5-4-8-18-10(14)2/h4-9,15,17H,3H2,1-2H3,(H,19,20). The van der Waals surface area contributed by atoms with Gasteiger partial charge in [-0.3, -0.25) is 9.78 Å². The molecule has 2 N–H and O–H groups in total. The molecule has 0 aliphatic carbocycles. The van der Waals surface area contributed by atoms with E-state index in [0.29, 0.717) is 11.5 Å². The fraction of sp³-hybridized carbons (Fsp3) is 0.250. The topological polar surface area (TPSA) is 63.2 Å². The summed E-state index contributed by atoms with van der Waals surface area (Å²) in [5.41, 5.74) is 2.58. The number of likely N-dealkylation sites (N-methyl/N-ethyl adjacent to an activating group) is 1. The van der Waals surface area contributed by atoms with Crippen LogP contribution in [-0.4, -0.2) is 17.4 Å². The van der Waals surface area contributed by atoms with E-state index in [4.69, 9.17) is 4.74 Å². The third kappa shape index (κ3) is 2.60. The fourth-order valence-electron chi connectivity index (χ4n) is 2.42. The Morgan fingerprint density at radius 3 is 3.00 bits per heavy atom. The molecule has 2 heterocycles. The highest BCUT2D eigenvalue weighted by atomic mass is 16.5. The molecule has 0 saturated heterocycles. The second-order valence-electron chi connectivity index (χ2n) is 4.92. The summed E-state index contributed by atoms with van der Waals surface area (Å²) < 4.78 is 5.83. The van der Waals surface area contributed by atoms with Gasteiger partial charge in [0.2, 0.25) is 5.91 Å². The quantitative estimate of drug-likeness (QED) is 0.905. The van der Waals surface area contributed by atoms with Gasteiger partial charge in [0, 0.05) is 23.5 Å². The smallest absolute Gasteiger partial charge is 0.246 e. The lowest BCUT2D eigenvalue weighted by molar-refractivity contribution is -0.117. The average molecular weight is 283 g/mol. The Bertz CT molecular complexity index is 685. The molecule has 1 unspecified atom stereocenters. The maximum Gasteiger partial charge on any atom is 0.246 e. The van der Waals surface area contributed by atoms with Crippen LogP contribution in [0, 0.1) is 6.92 Å². The second-order valence-corrected chi connectivity index (χ2v) is 4.92. The fourth-order valence-corrected chi connectivity index (χ4v) is 2.42. The average Bonchev–Trinajstić information content (AvgIpc) is 2.78. The number of aromatic nitrogens is 1. The van der Waals surface area contributed by atoms with Gasteiger partial charge in [0.15, 0.2) is 0 Å². The number of rotatable bonds is 4. The van der Waals surface area contributed by atoms with Crippen LogP contribution >= 0.6 is 0 Å². The summed E-state index contributed by atoms with van der Waals surface area (Å²) in [4.78, 5) is 16.1. The molecule has 0 fully saturated rings. The number of carbonyl (C=O) groups is 1. The number of benzene rings is 1. The molecule has 5 nitrogen and oxygen atoms in total. The highest BCUT2D eigenvalue weighted by molar-refractivity contribution is 6.02. The van der Waals surface area contributed by atoms with E-state index in [-0.39, 0.29) is 11.9 Å². The largest absolute Gasteiger partial charge is 0.455 e. The van der Waals surface area contributed by atoms with Crippen molar-refractivity contribution in [2.45, 2.75) is 19.9 Å². The third-order valence-corrected chi connectivity index (χ3v) is 3.45. The second kappa shape index (κ2) is 5.54. The molecule has 1 aromatic carbocycles. The van der Waals surface area contributed by atoms with E-state index in [9.17, 15) is 4.79 Å². The first-order chi connectivity index (χ1) is 10.2. The van der Waals surface area contributed by atoms with Crippen LogP contribution < -0.4 is 15.4 Å². The van der Waals surface area contributed by atoms with E-state index in [1.165, 1.54) is 0 Å². The van der Waals surface area contributed by atoms with Crippen molar-refractivity contribution in [2.24, 2.45) is 0 Å². The van der Waals surface area contributed by atoms with E-state index in [0.717, 1.165) is 23.5 Å². The molecular formula is C16H17N3O2. The summed E-state index contributed by atoms with van der Waals surface area (Å²) in [5.74, 6) is 1.37. The van der Waals surface area contributed by atoms with Crippen molar-refractivity contribution in [3.63, 3.8) is 0 Å². The number of nitrogens with zero attached hydrogens (tertiary/aromatic N) is 1. The number of hydrogen-bond acceptors (Lipinski definition) is 4. The molecule has 0 spiro atoms. The molecule has 1 aliphatic rings. The number of pyridine rings is 1. The molecular weight excluding hydrogens is 266 g/mol. The number of carbonyl (C=O) groups excluding carboxylic acids is 1. The molecule has 1 atom stereocenters. The molecule has 2 aromatic rings. The van der Waals surface area contributed by atoms with Crippen LogP contribution in [0.3, 0.4) is 0 Å². The summed E-state index contributed by atoms with van der Waals surface area (Å²) in [6.07, 6.45) is 1.73. The molecule has 3 rings (SSSR count). The number of anilines is 1. The number of amides is 1. The van der Waals surface area contributed by atoms with Crippen LogP contribution in [0.25, 0.3) is 0 Å². The normalized spacial score (nSPS) is 16.5. The molecule has 1 amide bonds. The van der Waals surface area contributed by atoms with Crippen LogP contribution in [-0.2, 0) is 4.79 Å². The van der Waals surface area contributed by atoms with E-state index in [2.05, 4.69) is 15.6 Å². The maximum absolute atomic E-state index is 11.9.